The molecule has 0 saturated carbocycles. The Morgan fingerprint density at radius 2 is 1.71 bits per heavy atom. The monoisotopic (exact) mass is 281 g/mol. The van der Waals surface area contributed by atoms with Crippen molar-refractivity contribution < 1.29 is 4.74 Å². The van der Waals surface area contributed by atoms with Crippen LogP contribution in [0.2, 0.25) is 0 Å². The summed E-state index contributed by atoms with van der Waals surface area (Å²) in [5.74, 6) is 0.923. The Balaban J connectivity index is 1.97. The summed E-state index contributed by atoms with van der Waals surface area (Å²) in [5.41, 5.74) is 3.60. The zero-order valence-corrected chi connectivity index (χ0v) is 12.8. The molecule has 0 saturated heterocycles. The molecule has 0 aromatic heterocycles. The second-order valence-corrected chi connectivity index (χ2v) is 4.92. The molecule has 0 aliphatic heterocycles. The SMILES string of the molecule is C/C=C/c1ccccc1OCc1ccc(CNCC)cc1. The van der Waals surface area contributed by atoms with E-state index >= 15 is 0 Å². The van der Waals surface area contributed by atoms with Crippen LogP contribution >= 0.6 is 0 Å². The zero-order chi connectivity index (χ0) is 14.9. The first kappa shape index (κ1) is 15.3. The van der Waals surface area contributed by atoms with Crippen LogP contribution in [0.15, 0.2) is 54.6 Å². The normalized spacial score (nSPS) is 11.0. The molecule has 0 amide bonds. The maximum atomic E-state index is 5.93. The zero-order valence-electron chi connectivity index (χ0n) is 12.8. The highest BCUT2D eigenvalue weighted by molar-refractivity contribution is 5.56. The Kier molecular flexibility index (Phi) is 6.04. The van der Waals surface area contributed by atoms with Crippen molar-refractivity contribution in [2.75, 3.05) is 6.54 Å². The van der Waals surface area contributed by atoms with E-state index in [4.69, 9.17) is 4.74 Å². The predicted molar refractivity (Wildman–Crippen MR) is 89.3 cm³/mol. The van der Waals surface area contributed by atoms with Crippen molar-refractivity contribution in [1.82, 2.24) is 5.32 Å². The average Bonchev–Trinajstić information content (AvgIpc) is 2.53. The summed E-state index contributed by atoms with van der Waals surface area (Å²) in [6, 6.07) is 16.7. The summed E-state index contributed by atoms with van der Waals surface area (Å²) in [7, 11) is 0. The minimum Gasteiger partial charge on any atom is -0.488 e. The van der Waals surface area contributed by atoms with E-state index in [1.165, 1.54) is 11.1 Å². The van der Waals surface area contributed by atoms with Gasteiger partial charge in [0.1, 0.15) is 12.4 Å². The van der Waals surface area contributed by atoms with Gasteiger partial charge in [-0.15, -0.1) is 0 Å². The summed E-state index contributed by atoms with van der Waals surface area (Å²) in [4.78, 5) is 0. The molecule has 0 radical (unpaired) electrons. The van der Waals surface area contributed by atoms with Crippen LogP contribution in [-0.4, -0.2) is 6.54 Å². The van der Waals surface area contributed by atoms with E-state index in [0.717, 1.165) is 24.4 Å². The van der Waals surface area contributed by atoms with Crippen molar-refractivity contribution >= 4 is 6.08 Å². The third kappa shape index (κ3) is 4.76. The van der Waals surface area contributed by atoms with Crippen molar-refractivity contribution in [2.24, 2.45) is 0 Å². The van der Waals surface area contributed by atoms with Gasteiger partial charge in [-0.25, -0.2) is 0 Å². The van der Waals surface area contributed by atoms with Crippen LogP contribution in [0.4, 0.5) is 0 Å². The maximum Gasteiger partial charge on any atom is 0.127 e. The number of allylic oxidation sites excluding steroid dienone is 1. The van der Waals surface area contributed by atoms with Gasteiger partial charge in [0.05, 0.1) is 0 Å². The first-order chi connectivity index (χ1) is 10.3. The van der Waals surface area contributed by atoms with Crippen LogP contribution in [0.25, 0.3) is 6.08 Å². The Labute approximate surface area is 127 Å². The lowest BCUT2D eigenvalue weighted by Gasteiger charge is -2.10. The summed E-state index contributed by atoms with van der Waals surface area (Å²) in [5, 5.41) is 3.32. The van der Waals surface area contributed by atoms with E-state index < -0.39 is 0 Å². The highest BCUT2D eigenvalue weighted by Crippen LogP contribution is 2.20. The first-order valence-corrected chi connectivity index (χ1v) is 7.46. The summed E-state index contributed by atoms with van der Waals surface area (Å²) >= 11 is 0. The number of ether oxygens (including phenoxy) is 1. The van der Waals surface area contributed by atoms with Crippen molar-refractivity contribution in [3.8, 4) is 5.75 Å². The molecule has 2 heteroatoms. The topological polar surface area (TPSA) is 21.3 Å². The van der Waals surface area contributed by atoms with Gasteiger partial charge in [-0.2, -0.15) is 0 Å². The van der Waals surface area contributed by atoms with Gasteiger partial charge in [-0.3, -0.25) is 0 Å². The lowest BCUT2D eigenvalue weighted by Crippen LogP contribution is -2.11. The third-order valence-electron chi connectivity index (χ3n) is 3.26. The smallest absolute Gasteiger partial charge is 0.127 e. The molecule has 0 heterocycles. The fraction of sp³-hybridized carbons (Fsp3) is 0.263. The molecule has 0 aliphatic carbocycles. The Bertz CT molecular complexity index is 572. The molecule has 0 unspecified atom stereocenters. The predicted octanol–water partition coefficient (Wildman–Crippen LogP) is 4.41. The standard InChI is InChI=1S/C19H23NO/c1-3-7-18-8-5-6-9-19(18)21-15-17-12-10-16(11-13-17)14-20-4-2/h3,5-13,20H,4,14-15H2,1-2H3/b7-3+. The summed E-state index contributed by atoms with van der Waals surface area (Å²) in [6.45, 7) is 6.63. The lowest BCUT2D eigenvalue weighted by molar-refractivity contribution is 0.305. The van der Waals surface area contributed by atoms with Crippen molar-refractivity contribution in [3.05, 3.63) is 71.3 Å². The molecule has 1 N–H and O–H groups in total. The van der Waals surface area contributed by atoms with E-state index in [-0.39, 0.29) is 0 Å². The van der Waals surface area contributed by atoms with Gasteiger partial charge in [0.2, 0.25) is 0 Å². The molecular formula is C19H23NO. The number of nitrogens with one attached hydrogen (secondary N) is 1. The van der Waals surface area contributed by atoms with Gasteiger partial charge in [-0.1, -0.05) is 61.5 Å². The lowest BCUT2D eigenvalue weighted by atomic mass is 10.1. The van der Waals surface area contributed by atoms with Crippen molar-refractivity contribution in [1.29, 1.82) is 0 Å². The van der Waals surface area contributed by atoms with Gasteiger partial charge < -0.3 is 10.1 Å². The Hall–Kier alpha value is -2.06. The molecule has 0 spiro atoms. The van der Waals surface area contributed by atoms with Crippen LogP contribution in [0.3, 0.4) is 0 Å². The highest BCUT2D eigenvalue weighted by atomic mass is 16.5. The maximum absolute atomic E-state index is 5.93. The van der Waals surface area contributed by atoms with Crippen LogP contribution in [0.1, 0.15) is 30.5 Å². The van der Waals surface area contributed by atoms with Crippen molar-refractivity contribution in [2.45, 2.75) is 27.0 Å². The molecule has 21 heavy (non-hydrogen) atoms. The molecule has 2 nitrogen and oxygen atoms in total. The number of benzene rings is 2. The molecule has 2 aromatic carbocycles. The van der Waals surface area contributed by atoms with E-state index in [1.807, 2.05) is 31.2 Å². The number of para-hydroxylation sites is 1. The quantitative estimate of drug-likeness (QED) is 0.811. The second-order valence-electron chi connectivity index (χ2n) is 4.92. The minimum atomic E-state index is 0.593. The third-order valence-corrected chi connectivity index (χ3v) is 3.26. The Morgan fingerprint density at radius 3 is 2.43 bits per heavy atom. The molecule has 110 valence electrons. The molecular weight excluding hydrogens is 258 g/mol. The number of hydrogen-bond acceptors (Lipinski definition) is 2. The number of hydrogen-bond donors (Lipinski definition) is 1. The Morgan fingerprint density at radius 1 is 1.00 bits per heavy atom. The molecule has 0 aliphatic rings. The van der Waals surface area contributed by atoms with Crippen LogP contribution in [0, 0.1) is 0 Å². The largest absolute Gasteiger partial charge is 0.488 e. The minimum absolute atomic E-state index is 0.593. The molecule has 0 atom stereocenters. The average molecular weight is 281 g/mol. The summed E-state index contributed by atoms with van der Waals surface area (Å²) < 4.78 is 5.93. The molecule has 0 bridgehead atoms. The fourth-order valence-corrected chi connectivity index (χ4v) is 2.11. The van der Waals surface area contributed by atoms with Crippen molar-refractivity contribution in [3.63, 3.8) is 0 Å². The van der Waals surface area contributed by atoms with E-state index in [2.05, 4.69) is 48.6 Å². The molecule has 2 aromatic rings. The van der Waals surface area contributed by atoms with Crippen LogP contribution in [0.5, 0.6) is 5.75 Å². The van der Waals surface area contributed by atoms with E-state index in [9.17, 15) is 0 Å². The second kappa shape index (κ2) is 8.28. The number of rotatable bonds is 7. The van der Waals surface area contributed by atoms with Gasteiger partial charge in [0, 0.05) is 12.1 Å². The fourth-order valence-electron chi connectivity index (χ4n) is 2.11. The molecule has 2 rings (SSSR count). The van der Waals surface area contributed by atoms with Crippen LogP contribution < -0.4 is 10.1 Å². The molecule has 0 fully saturated rings. The van der Waals surface area contributed by atoms with E-state index in [0.29, 0.717) is 6.61 Å². The van der Waals surface area contributed by atoms with Gasteiger partial charge >= 0.3 is 0 Å². The highest BCUT2D eigenvalue weighted by Gasteiger charge is 2.01. The van der Waals surface area contributed by atoms with Gasteiger partial charge in [-0.05, 0) is 30.7 Å². The summed E-state index contributed by atoms with van der Waals surface area (Å²) in [6.07, 6.45) is 4.09. The van der Waals surface area contributed by atoms with Gasteiger partial charge in [0.15, 0.2) is 0 Å². The van der Waals surface area contributed by atoms with E-state index in [1.54, 1.807) is 0 Å². The van der Waals surface area contributed by atoms with Crippen LogP contribution in [-0.2, 0) is 13.2 Å². The van der Waals surface area contributed by atoms with Gasteiger partial charge in [0.25, 0.3) is 0 Å². The first-order valence-electron chi connectivity index (χ1n) is 7.46.